The van der Waals surface area contributed by atoms with Crippen LogP contribution in [0.4, 0.5) is 5.69 Å². The molecule has 1 aromatic heterocycles. The van der Waals surface area contributed by atoms with Crippen molar-refractivity contribution < 1.29 is 15.0 Å². The zero-order valence-corrected chi connectivity index (χ0v) is 7.51. The predicted molar refractivity (Wildman–Crippen MR) is 52.6 cm³/mol. The van der Waals surface area contributed by atoms with E-state index in [1.54, 1.807) is 6.07 Å². The van der Waals surface area contributed by atoms with E-state index in [1.165, 1.54) is 12.1 Å². The molecule has 0 bridgehead atoms. The predicted octanol–water partition coefficient (Wildman–Crippen LogP) is 0.616. The summed E-state index contributed by atoms with van der Waals surface area (Å²) < 4.78 is 0. The van der Waals surface area contributed by atoms with Crippen LogP contribution in [-0.4, -0.2) is 26.2 Å². The van der Waals surface area contributed by atoms with E-state index in [2.05, 4.69) is 9.97 Å². The number of aromatic carboxylic acids is 1. The number of aromatic hydroxyl groups is 1. The Balaban J connectivity index is 2.79. The van der Waals surface area contributed by atoms with Crippen LogP contribution in [0, 0.1) is 0 Å². The molecule has 6 heteroatoms. The number of nitrogens with zero attached hydrogens (tertiary/aromatic N) is 2. The normalized spacial score (nSPS) is 10.4. The second kappa shape index (κ2) is 3.09. The highest BCUT2D eigenvalue weighted by atomic mass is 16.4. The minimum atomic E-state index is -1.30. The van der Waals surface area contributed by atoms with Gasteiger partial charge in [-0.3, -0.25) is 0 Å². The maximum Gasteiger partial charge on any atom is 0.374 e. The number of anilines is 1. The number of carboxylic acids is 1. The highest BCUT2D eigenvalue weighted by molar-refractivity contribution is 5.91. The van der Waals surface area contributed by atoms with Crippen LogP contribution in [0.3, 0.4) is 0 Å². The lowest BCUT2D eigenvalue weighted by Crippen LogP contribution is -2.04. The average molecular weight is 205 g/mol. The summed E-state index contributed by atoms with van der Waals surface area (Å²) in [6.45, 7) is 0. The first-order valence-electron chi connectivity index (χ1n) is 4.07. The second-order valence-electron chi connectivity index (χ2n) is 2.95. The van der Waals surface area contributed by atoms with Crippen LogP contribution in [0.5, 0.6) is 5.88 Å². The summed E-state index contributed by atoms with van der Waals surface area (Å²) in [7, 11) is 0. The van der Waals surface area contributed by atoms with Crippen LogP contribution in [0.15, 0.2) is 18.2 Å². The lowest BCUT2D eigenvalue weighted by molar-refractivity contribution is 0.0683. The van der Waals surface area contributed by atoms with Gasteiger partial charge in [0, 0.05) is 5.69 Å². The van der Waals surface area contributed by atoms with Crippen molar-refractivity contribution in [3.8, 4) is 5.88 Å². The molecule has 0 aliphatic carbocycles. The highest BCUT2D eigenvalue weighted by Gasteiger charge is 2.11. The Labute approximate surface area is 84.0 Å². The fraction of sp³-hybridized carbons (Fsp3) is 0. The van der Waals surface area contributed by atoms with Gasteiger partial charge in [0.25, 0.3) is 0 Å². The third-order valence-electron chi connectivity index (χ3n) is 1.89. The number of rotatable bonds is 1. The Hall–Kier alpha value is -2.37. The zero-order chi connectivity index (χ0) is 11.0. The number of carbonyl (C=O) groups is 1. The van der Waals surface area contributed by atoms with E-state index in [0.717, 1.165) is 0 Å². The fourth-order valence-electron chi connectivity index (χ4n) is 1.23. The molecule has 0 aliphatic heterocycles. The van der Waals surface area contributed by atoms with Crippen LogP contribution in [0.25, 0.3) is 10.9 Å². The first-order chi connectivity index (χ1) is 7.08. The molecule has 0 atom stereocenters. The third kappa shape index (κ3) is 1.52. The molecule has 0 saturated heterocycles. The largest absolute Gasteiger partial charge is 0.493 e. The number of hydrogen-bond acceptors (Lipinski definition) is 5. The highest BCUT2D eigenvalue weighted by Crippen LogP contribution is 2.22. The van der Waals surface area contributed by atoms with Crippen LogP contribution >= 0.6 is 0 Å². The van der Waals surface area contributed by atoms with Crippen LogP contribution < -0.4 is 5.73 Å². The first-order valence-corrected chi connectivity index (χ1v) is 4.07. The van der Waals surface area contributed by atoms with Gasteiger partial charge in [-0.1, -0.05) is 0 Å². The molecule has 0 spiro atoms. The molecule has 6 nitrogen and oxygen atoms in total. The quantitative estimate of drug-likeness (QED) is 0.588. The molecule has 1 heterocycles. The van der Waals surface area contributed by atoms with Crippen molar-refractivity contribution in [1.29, 1.82) is 0 Å². The Bertz CT molecular complexity index is 554. The number of hydrogen-bond donors (Lipinski definition) is 3. The molecule has 0 saturated carbocycles. The Kier molecular flexibility index (Phi) is 1.89. The average Bonchev–Trinajstić information content (AvgIpc) is 2.16. The SMILES string of the molecule is Nc1ccc2c(O)nc(C(=O)O)nc2c1. The summed E-state index contributed by atoms with van der Waals surface area (Å²) in [6.07, 6.45) is 0. The summed E-state index contributed by atoms with van der Waals surface area (Å²) in [5.74, 6) is -2.11. The summed E-state index contributed by atoms with van der Waals surface area (Å²) in [5.41, 5.74) is 6.26. The lowest BCUT2D eigenvalue weighted by Gasteiger charge is -2.01. The van der Waals surface area contributed by atoms with Crippen LogP contribution in [0.2, 0.25) is 0 Å². The summed E-state index contributed by atoms with van der Waals surface area (Å²) >= 11 is 0. The molecule has 2 rings (SSSR count). The minimum absolute atomic E-state index is 0.305. The van der Waals surface area contributed by atoms with Gasteiger partial charge >= 0.3 is 5.97 Å². The third-order valence-corrected chi connectivity index (χ3v) is 1.89. The van der Waals surface area contributed by atoms with E-state index in [4.69, 9.17) is 10.8 Å². The molecule has 4 N–H and O–H groups in total. The Morgan fingerprint density at radius 3 is 2.73 bits per heavy atom. The van der Waals surface area contributed by atoms with Gasteiger partial charge < -0.3 is 15.9 Å². The molecule has 1 aromatic carbocycles. The van der Waals surface area contributed by atoms with E-state index in [9.17, 15) is 9.90 Å². The van der Waals surface area contributed by atoms with Gasteiger partial charge in [-0.15, -0.1) is 0 Å². The zero-order valence-electron chi connectivity index (χ0n) is 7.51. The molecular weight excluding hydrogens is 198 g/mol. The van der Waals surface area contributed by atoms with E-state index >= 15 is 0 Å². The maximum atomic E-state index is 10.6. The molecule has 15 heavy (non-hydrogen) atoms. The van der Waals surface area contributed by atoms with Gasteiger partial charge in [-0.25, -0.2) is 9.78 Å². The van der Waals surface area contributed by atoms with Gasteiger partial charge in [0.05, 0.1) is 10.9 Å². The molecular formula is C9H7N3O3. The number of benzene rings is 1. The lowest BCUT2D eigenvalue weighted by atomic mass is 10.2. The van der Waals surface area contributed by atoms with Crippen molar-refractivity contribution in [1.82, 2.24) is 9.97 Å². The van der Waals surface area contributed by atoms with Gasteiger partial charge in [0.2, 0.25) is 11.7 Å². The van der Waals surface area contributed by atoms with Crippen molar-refractivity contribution in [3.63, 3.8) is 0 Å². The van der Waals surface area contributed by atoms with Crippen molar-refractivity contribution >= 4 is 22.6 Å². The molecule has 0 radical (unpaired) electrons. The number of fused-ring (bicyclic) bond motifs is 1. The monoisotopic (exact) mass is 205 g/mol. The van der Waals surface area contributed by atoms with Gasteiger partial charge in [0.15, 0.2) is 0 Å². The molecule has 0 fully saturated rings. The Morgan fingerprint density at radius 1 is 1.33 bits per heavy atom. The Morgan fingerprint density at radius 2 is 2.07 bits per heavy atom. The van der Waals surface area contributed by atoms with Gasteiger partial charge in [0.1, 0.15) is 0 Å². The van der Waals surface area contributed by atoms with Crippen molar-refractivity contribution in [2.75, 3.05) is 5.73 Å². The van der Waals surface area contributed by atoms with E-state index in [-0.39, 0.29) is 5.88 Å². The van der Waals surface area contributed by atoms with E-state index in [0.29, 0.717) is 16.6 Å². The fourth-order valence-corrected chi connectivity index (χ4v) is 1.23. The van der Waals surface area contributed by atoms with Crippen LogP contribution in [-0.2, 0) is 0 Å². The first kappa shape index (κ1) is 9.20. The summed E-state index contributed by atoms with van der Waals surface area (Å²) in [6, 6.07) is 4.58. The molecule has 2 aromatic rings. The molecule has 0 amide bonds. The van der Waals surface area contributed by atoms with E-state index < -0.39 is 11.8 Å². The number of nitrogens with two attached hydrogens (primary N) is 1. The molecule has 0 unspecified atom stereocenters. The second-order valence-corrected chi connectivity index (χ2v) is 2.95. The van der Waals surface area contributed by atoms with Gasteiger partial charge in [-0.2, -0.15) is 4.98 Å². The molecule has 0 aliphatic rings. The summed E-state index contributed by atoms with van der Waals surface area (Å²) in [4.78, 5) is 17.8. The number of nitrogen functional groups attached to an aromatic ring is 1. The van der Waals surface area contributed by atoms with Crippen molar-refractivity contribution in [2.45, 2.75) is 0 Å². The minimum Gasteiger partial charge on any atom is -0.493 e. The summed E-state index contributed by atoms with van der Waals surface area (Å²) in [5, 5.41) is 18.5. The topological polar surface area (TPSA) is 109 Å². The number of carboxylic acid groups (broad SMARTS) is 1. The smallest absolute Gasteiger partial charge is 0.374 e. The molecule has 76 valence electrons. The maximum absolute atomic E-state index is 10.6. The van der Waals surface area contributed by atoms with Crippen molar-refractivity contribution in [2.24, 2.45) is 0 Å². The number of aromatic nitrogens is 2. The van der Waals surface area contributed by atoms with Crippen molar-refractivity contribution in [3.05, 3.63) is 24.0 Å². The van der Waals surface area contributed by atoms with E-state index in [1.807, 2.05) is 0 Å². The van der Waals surface area contributed by atoms with Crippen LogP contribution in [0.1, 0.15) is 10.6 Å². The standard InChI is InChI=1S/C9H7N3O3/c10-4-1-2-5-6(3-4)11-7(9(14)15)12-8(5)13/h1-3H,10H2,(H,14,15)(H,11,12,13). The van der Waals surface area contributed by atoms with Gasteiger partial charge in [-0.05, 0) is 18.2 Å².